The van der Waals surface area contributed by atoms with Gasteiger partial charge in [0.2, 0.25) is 0 Å². The topological polar surface area (TPSA) is 63.8 Å². The molecule has 2 aromatic rings. The van der Waals surface area contributed by atoms with Crippen LogP contribution in [-0.2, 0) is 5.41 Å². The van der Waals surface area contributed by atoms with E-state index in [0.717, 1.165) is 17.9 Å². The molecular formula is C15H20N4. The predicted octanol–water partition coefficient (Wildman–Crippen LogP) is 2.76. The van der Waals surface area contributed by atoms with Crippen LogP contribution in [0.2, 0.25) is 0 Å². The van der Waals surface area contributed by atoms with Crippen molar-refractivity contribution in [1.82, 2.24) is 9.97 Å². The normalized spacial score (nSPS) is 11.3. The van der Waals surface area contributed by atoms with Crippen molar-refractivity contribution in [3.05, 3.63) is 47.9 Å². The summed E-state index contributed by atoms with van der Waals surface area (Å²) in [5, 5.41) is 3.39. The first-order valence-electron chi connectivity index (χ1n) is 6.35. The number of anilines is 2. The summed E-state index contributed by atoms with van der Waals surface area (Å²) in [6.45, 7) is 7.20. The maximum absolute atomic E-state index is 5.70. The third kappa shape index (κ3) is 3.22. The van der Waals surface area contributed by atoms with Crippen molar-refractivity contribution in [3.63, 3.8) is 0 Å². The molecule has 3 N–H and O–H groups in total. The zero-order valence-corrected chi connectivity index (χ0v) is 11.6. The van der Waals surface area contributed by atoms with E-state index in [1.807, 2.05) is 37.5 Å². The summed E-state index contributed by atoms with van der Waals surface area (Å²) in [4.78, 5) is 8.38. The SMILES string of the molecule is Cc1cc(N)cnc1NCC(C)(C)c1ccncc1. The van der Waals surface area contributed by atoms with Gasteiger partial charge < -0.3 is 11.1 Å². The number of nitrogens with one attached hydrogen (secondary N) is 1. The average Bonchev–Trinajstić information content (AvgIpc) is 2.39. The quantitative estimate of drug-likeness (QED) is 0.883. The van der Waals surface area contributed by atoms with Gasteiger partial charge in [-0.15, -0.1) is 0 Å². The van der Waals surface area contributed by atoms with Crippen LogP contribution in [0.15, 0.2) is 36.8 Å². The minimum Gasteiger partial charge on any atom is -0.397 e. The molecule has 0 saturated carbocycles. The number of aryl methyl sites for hydroxylation is 1. The lowest BCUT2D eigenvalue weighted by atomic mass is 9.85. The van der Waals surface area contributed by atoms with E-state index < -0.39 is 0 Å². The summed E-state index contributed by atoms with van der Waals surface area (Å²) >= 11 is 0. The Bertz CT molecular complexity index is 549. The lowest BCUT2D eigenvalue weighted by Crippen LogP contribution is -2.28. The first kappa shape index (κ1) is 13.3. The smallest absolute Gasteiger partial charge is 0.129 e. The highest BCUT2D eigenvalue weighted by Crippen LogP contribution is 2.23. The third-order valence-electron chi connectivity index (χ3n) is 3.26. The number of nitrogens with zero attached hydrogens (tertiary/aromatic N) is 2. The molecule has 0 aromatic carbocycles. The highest BCUT2D eigenvalue weighted by molar-refractivity contribution is 5.51. The Labute approximate surface area is 114 Å². The molecule has 2 aromatic heterocycles. The van der Waals surface area contributed by atoms with E-state index in [-0.39, 0.29) is 5.41 Å². The van der Waals surface area contributed by atoms with Crippen LogP contribution in [0, 0.1) is 6.92 Å². The Morgan fingerprint density at radius 2 is 1.95 bits per heavy atom. The molecule has 0 aliphatic rings. The molecule has 0 fully saturated rings. The molecule has 0 bridgehead atoms. The highest BCUT2D eigenvalue weighted by Gasteiger charge is 2.20. The minimum absolute atomic E-state index is 0.0123. The number of rotatable bonds is 4. The molecule has 0 saturated heterocycles. The standard InChI is InChI=1S/C15H20N4/c1-11-8-13(16)9-18-14(11)19-10-15(2,3)12-4-6-17-7-5-12/h4-9H,10,16H2,1-3H3,(H,18,19). The van der Waals surface area contributed by atoms with Gasteiger partial charge in [-0.05, 0) is 36.2 Å². The van der Waals surface area contributed by atoms with Crippen LogP contribution < -0.4 is 11.1 Å². The zero-order chi connectivity index (χ0) is 13.9. The predicted molar refractivity (Wildman–Crippen MR) is 79.1 cm³/mol. The number of aromatic nitrogens is 2. The van der Waals surface area contributed by atoms with E-state index >= 15 is 0 Å². The fourth-order valence-electron chi connectivity index (χ4n) is 1.99. The van der Waals surface area contributed by atoms with Crippen molar-refractivity contribution in [2.24, 2.45) is 0 Å². The van der Waals surface area contributed by atoms with Gasteiger partial charge in [-0.1, -0.05) is 13.8 Å². The van der Waals surface area contributed by atoms with Gasteiger partial charge in [-0.3, -0.25) is 4.98 Å². The highest BCUT2D eigenvalue weighted by atomic mass is 15.0. The fourth-order valence-corrected chi connectivity index (χ4v) is 1.99. The van der Waals surface area contributed by atoms with Crippen molar-refractivity contribution in [1.29, 1.82) is 0 Å². The van der Waals surface area contributed by atoms with Crippen LogP contribution in [0.5, 0.6) is 0 Å². The first-order valence-corrected chi connectivity index (χ1v) is 6.35. The van der Waals surface area contributed by atoms with Gasteiger partial charge in [0.1, 0.15) is 5.82 Å². The van der Waals surface area contributed by atoms with Crippen LogP contribution in [0.4, 0.5) is 11.5 Å². The second kappa shape index (κ2) is 5.26. The monoisotopic (exact) mass is 256 g/mol. The summed E-state index contributed by atoms with van der Waals surface area (Å²) in [5.41, 5.74) is 8.72. The Morgan fingerprint density at radius 3 is 2.58 bits per heavy atom. The number of hydrogen-bond donors (Lipinski definition) is 2. The molecule has 4 nitrogen and oxygen atoms in total. The molecule has 0 aliphatic carbocycles. The summed E-state index contributed by atoms with van der Waals surface area (Å²) in [5.74, 6) is 0.885. The van der Waals surface area contributed by atoms with Crippen LogP contribution in [-0.4, -0.2) is 16.5 Å². The van der Waals surface area contributed by atoms with Crippen molar-refractivity contribution in [2.75, 3.05) is 17.6 Å². The van der Waals surface area contributed by atoms with E-state index in [9.17, 15) is 0 Å². The molecule has 0 aliphatic heterocycles. The Balaban J connectivity index is 2.09. The fraction of sp³-hybridized carbons (Fsp3) is 0.333. The molecular weight excluding hydrogens is 236 g/mol. The van der Waals surface area contributed by atoms with E-state index in [1.54, 1.807) is 6.20 Å². The van der Waals surface area contributed by atoms with Crippen molar-refractivity contribution in [3.8, 4) is 0 Å². The second-order valence-electron chi connectivity index (χ2n) is 5.41. The summed E-state index contributed by atoms with van der Waals surface area (Å²) < 4.78 is 0. The van der Waals surface area contributed by atoms with Gasteiger partial charge in [-0.25, -0.2) is 4.98 Å². The van der Waals surface area contributed by atoms with E-state index in [1.165, 1.54) is 5.56 Å². The zero-order valence-electron chi connectivity index (χ0n) is 11.6. The van der Waals surface area contributed by atoms with Crippen LogP contribution in [0.1, 0.15) is 25.0 Å². The van der Waals surface area contributed by atoms with E-state index in [4.69, 9.17) is 5.73 Å². The molecule has 2 heterocycles. The molecule has 0 unspecified atom stereocenters. The van der Waals surface area contributed by atoms with Gasteiger partial charge in [-0.2, -0.15) is 0 Å². The first-order chi connectivity index (χ1) is 8.99. The molecule has 2 rings (SSSR count). The van der Waals surface area contributed by atoms with Gasteiger partial charge in [0, 0.05) is 24.4 Å². The van der Waals surface area contributed by atoms with Gasteiger partial charge in [0.15, 0.2) is 0 Å². The maximum atomic E-state index is 5.70. The van der Waals surface area contributed by atoms with Crippen LogP contribution >= 0.6 is 0 Å². The molecule has 0 radical (unpaired) electrons. The Hall–Kier alpha value is -2.10. The third-order valence-corrected chi connectivity index (χ3v) is 3.26. The molecule has 4 heteroatoms. The number of nitrogens with two attached hydrogens (primary N) is 1. The molecule has 19 heavy (non-hydrogen) atoms. The van der Waals surface area contributed by atoms with E-state index in [0.29, 0.717) is 5.69 Å². The van der Waals surface area contributed by atoms with Gasteiger partial charge in [0.25, 0.3) is 0 Å². The van der Waals surface area contributed by atoms with Crippen molar-refractivity contribution in [2.45, 2.75) is 26.2 Å². The van der Waals surface area contributed by atoms with Gasteiger partial charge >= 0.3 is 0 Å². The largest absolute Gasteiger partial charge is 0.397 e. The Morgan fingerprint density at radius 1 is 1.26 bits per heavy atom. The maximum Gasteiger partial charge on any atom is 0.129 e. The van der Waals surface area contributed by atoms with Crippen LogP contribution in [0.3, 0.4) is 0 Å². The minimum atomic E-state index is 0.0123. The second-order valence-corrected chi connectivity index (χ2v) is 5.41. The molecule has 0 atom stereocenters. The lowest BCUT2D eigenvalue weighted by Gasteiger charge is -2.26. The molecule has 100 valence electrons. The summed E-state index contributed by atoms with van der Waals surface area (Å²) in [6, 6.07) is 6.02. The Kier molecular flexibility index (Phi) is 3.69. The van der Waals surface area contributed by atoms with Crippen molar-refractivity contribution >= 4 is 11.5 Å². The van der Waals surface area contributed by atoms with Gasteiger partial charge in [0.05, 0.1) is 11.9 Å². The average molecular weight is 256 g/mol. The number of hydrogen-bond acceptors (Lipinski definition) is 4. The number of nitrogen functional groups attached to an aromatic ring is 1. The van der Waals surface area contributed by atoms with Crippen molar-refractivity contribution < 1.29 is 0 Å². The van der Waals surface area contributed by atoms with E-state index in [2.05, 4.69) is 29.1 Å². The summed E-state index contributed by atoms with van der Waals surface area (Å²) in [7, 11) is 0. The molecule has 0 spiro atoms. The summed E-state index contributed by atoms with van der Waals surface area (Å²) in [6.07, 6.45) is 5.32. The lowest BCUT2D eigenvalue weighted by molar-refractivity contribution is 0.555. The van der Waals surface area contributed by atoms with Crippen LogP contribution in [0.25, 0.3) is 0 Å². The molecule has 0 amide bonds. The number of pyridine rings is 2.